The van der Waals surface area contributed by atoms with Gasteiger partial charge in [-0.3, -0.25) is 9.59 Å². The van der Waals surface area contributed by atoms with E-state index in [4.69, 9.17) is 15.2 Å². The lowest BCUT2D eigenvalue weighted by Gasteiger charge is -2.22. The molecule has 3 atom stereocenters. The highest BCUT2D eigenvalue weighted by Gasteiger charge is 2.24. The van der Waals surface area contributed by atoms with Crippen LogP contribution in [-0.4, -0.2) is 40.4 Å². The Labute approximate surface area is 147 Å². The minimum absolute atomic E-state index is 0.140. The fourth-order valence-corrected chi connectivity index (χ4v) is 2.08. The first kappa shape index (κ1) is 20.8. The van der Waals surface area contributed by atoms with Crippen molar-refractivity contribution in [1.29, 1.82) is 0 Å². The molecule has 0 amide bonds. The van der Waals surface area contributed by atoms with Crippen molar-refractivity contribution < 1.29 is 29.3 Å². The molecule has 0 saturated heterocycles. The highest BCUT2D eigenvalue weighted by Crippen LogP contribution is 2.25. The third-order valence-electron chi connectivity index (χ3n) is 3.65. The monoisotopic (exact) mass is 353 g/mol. The first-order chi connectivity index (χ1) is 11.6. The van der Waals surface area contributed by atoms with E-state index in [1.54, 1.807) is 19.9 Å². The van der Waals surface area contributed by atoms with E-state index in [2.05, 4.69) is 0 Å². The highest BCUT2D eigenvalue weighted by molar-refractivity contribution is 5.76. The van der Waals surface area contributed by atoms with Gasteiger partial charge in [0.1, 0.15) is 18.2 Å². The van der Waals surface area contributed by atoms with Crippen molar-refractivity contribution in [2.75, 3.05) is 0 Å². The summed E-state index contributed by atoms with van der Waals surface area (Å²) in [5.41, 5.74) is 6.41. The molecule has 140 valence electrons. The zero-order valence-corrected chi connectivity index (χ0v) is 15.1. The molecule has 4 N–H and O–H groups in total. The highest BCUT2D eigenvalue weighted by atomic mass is 16.6. The van der Waals surface area contributed by atoms with Crippen LogP contribution in [0.25, 0.3) is 0 Å². The molecule has 1 rings (SSSR count). The number of carbonyl (C=O) groups is 2. The maximum absolute atomic E-state index is 12.1. The van der Waals surface area contributed by atoms with Crippen molar-refractivity contribution in [2.45, 2.75) is 58.8 Å². The number of rotatable bonds is 8. The van der Waals surface area contributed by atoms with Crippen molar-refractivity contribution in [3.05, 3.63) is 23.8 Å². The lowest BCUT2D eigenvalue weighted by molar-refractivity contribution is -0.166. The van der Waals surface area contributed by atoms with E-state index < -0.39 is 24.2 Å². The molecule has 1 aromatic carbocycles. The molecule has 0 aromatic heterocycles. The topological polar surface area (TPSA) is 119 Å². The Hall–Kier alpha value is -2.28. The summed E-state index contributed by atoms with van der Waals surface area (Å²) < 4.78 is 10.5. The fourth-order valence-electron chi connectivity index (χ4n) is 2.08. The van der Waals surface area contributed by atoms with Gasteiger partial charge in [-0.15, -0.1) is 0 Å². The van der Waals surface area contributed by atoms with Crippen molar-refractivity contribution >= 4 is 11.9 Å². The van der Waals surface area contributed by atoms with Gasteiger partial charge >= 0.3 is 11.9 Å². The number of phenols is 2. The van der Waals surface area contributed by atoms with Crippen molar-refractivity contribution in [1.82, 2.24) is 0 Å². The van der Waals surface area contributed by atoms with Crippen LogP contribution in [0.15, 0.2) is 18.2 Å². The number of nitrogens with two attached hydrogens (primary N) is 1. The van der Waals surface area contributed by atoms with Crippen LogP contribution in [0.1, 0.15) is 39.7 Å². The first-order valence-corrected chi connectivity index (χ1v) is 8.26. The van der Waals surface area contributed by atoms with Crippen LogP contribution in [0.2, 0.25) is 0 Å². The number of carbonyl (C=O) groups excluding carboxylic acids is 2. The average molecular weight is 353 g/mol. The van der Waals surface area contributed by atoms with E-state index in [0.29, 0.717) is 12.0 Å². The van der Waals surface area contributed by atoms with Gasteiger partial charge in [-0.1, -0.05) is 19.9 Å². The Balaban J connectivity index is 2.52. The molecule has 25 heavy (non-hydrogen) atoms. The molecule has 7 nitrogen and oxygen atoms in total. The second kappa shape index (κ2) is 9.27. The van der Waals surface area contributed by atoms with Crippen LogP contribution < -0.4 is 5.73 Å². The Bertz CT molecular complexity index is 601. The summed E-state index contributed by atoms with van der Waals surface area (Å²) in [6, 6.07) is 3.27. The quantitative estimate of drug-likeness (QED) is 0.482. The van der Waals surface area contributed by atoms with Gasteiger partial charge in [-0.2, -0.15) is 0 Å². The van der Waals surface area contributed by atoms with Gasteiger partial charge in [0.15, 0.2) is 11.5 Å². The number of hydrogen-bond donors (Lipinski definition) is 3. The summed E-state index contributed by atoms with van der Waals surface area (Å²) in [5.74, 6) is -1.31. The van der Waals surface area contributed by atoms with Gasteiger partial charge in [0.05, 0.1) is 0 Å². The zero-order chi connectivity index (χ0) is 19.1. The predicted octanol–water partition coefficient (Wildman–Crippen LogP) is 1.88. The van der Waals surface area contributed by atoms with E-state index in [0.717, 1.165) is 0 Å². The van der Waals surface area contributed by atoms with Crippen LogP contribution >= 0.6 is 0 Å². The van der Waals surface area contributed by atoms with Crippen molar-refractivity contribution in [3.8, 4) is 11.5 Å². The Kier molecular flexibility index (Phi) is 7.70. The van der Waals surface area contributed by atoms with Crippen LogP contribution in [0.3, 0.4) is 0 Å². The van der Waals surface area contributed by atoms with Gasteiger partial charge < -0.3 is 25.4 Å². The normalized spacial score (nSPS) is 14.6. The first-order valence-electron chi connectivity index (χ1n) is 8.26. The Morgan fingerprint density at radius 3 is 2.20 bits per heavy atom. The Morgan fingerprint density at radius 1 is 1.04 bits per heavy atom. The zero-order valence-electron chi connectivity index (χ0n) is 15.1. The molecule has 0 radical (unpaired) electrons. The molecule has 0 bridgehead atoms. The molecule has 0 aliphatic heterocycles. The predicted molar refractivity (Wildman–Crippen MR) is 92.0 cm³/mol. The van der Waals surface area contributed by atoms with Crippen LogP contribution in [0.4, 0.5) is 0 Å². The number of esters is 2. The lowest BCUT2D eigenvalue weighted by atomic mass is 10.1. The third kappa shape index (κ3) is 7.01. The molecule has 0 heterocycles. The number of aromatic hydroxyl groups is 2. The van der Waals surface area contributed by atoms with Gasteiger partial charge in [0.25, 0.3) is 0 Å². The van der Waals surface area contributed by atoms with Gasteiger partial charge in [0, 0.05) is 6.42 Å². The molecule has 7 heteroatoms. The van der Waals surface area contributed by atoms with Gasteiger partial charge in [0.2, 0.25) is 0 Å². The molecule has 0 fully saturated rings. The second-order valence-electron chi connectivity index (χ2n) is 6.57. The van der Waals surface area contributed by atoms with Crippen molar-refractivity contribution in [2.24, 2.45) is 11.7 Å². The third-order valence-corrected chi connectivity index (χ3v) is 3.65. The summed E-state index contributed by atoms with van der Waals surface area (Å²) in [6.45, 7) is 7.11. The standard InChI is InChI=1S/C18H27NO6/c1-10(2)7-17(22)24-11(3)12(4)25-18(23)14(19)8-13-5-6-15(20)16(21)9-13/h5-6,9-12,14,20-21H,7-8,19H2,1-4H3/t11-,12-,14-/m0/s1. The minimum atomic E-state index is -0.940. The Morgan fingerprint density at radius 2 is 1.64 bits per heavy atom. The van der Waals surface area contributed by atoms with Crippen LogP contribution in [-0.2, 0) is 25.5 Å². The maximum atomic E-state index is 12.1. The molecule has 0 spiro atoms. The van der Waals surface area contributed by atoms with E-state index in [1.165, 1.54) is 12.1 Å². The summed E-state index contributed by atoms with van der Waals surface area (Å²) >= 11 is 0. The fraction of sp³-hybridized carbons (Fsp3) is 0.556. The maximum Gasteiger partial charge on any atom is 0.323 e. The molecule has 1 aromatic rings. The number of phenolic OH excluding ortho intramolecular Hbond substituents is 2. The molecule has 0 aliphatic rings. The van der Waals surface area contributed by atoms with Gasteiger partial charge in [-0.25, -0.2) is 0 Å². The summed E-state index contributed by atoms with van der Waals surface area (Å²) in [6.07, 6.45) is -0.779. The molecule has 0 unspecified atom stereocenters. The van der Waals surface area contributed by atoms with E-state index in [-0.39, 0.29) is 29.8 Å². The molecular formula is C18H27NO6. The molecule has 0 saturated carbocycles. The minimum Gasteiger partial charge on any atom is -0.504 e. The van der Waals surface area contributed by atoms with Gasteiger partial charge in [-0.05, 0) is 43.9 Å². The van der Waals surface area contributed by atoms with E-state index in [9.17, 15) is 19.8 Å². The lowest BCUT2D eigenvalue weighted by Crippen LogP contribution is -2.39. The average Bonchev–Trinajstić information content (AvgIpc) is 2.49. The number of ether oxygens (including phenoxy) is 2. The SMILES string of the molecule is CC(C)CC(=O)O[C@@H](C)[C@H](C)OC(=O)[C@@H](N)Cc1ccc(O)c(O)c1. The summed E-state index contributed by atoms with van der Waals surface area (Å²) in [7, 11) is 0. The van der Waals surface area contributed by atoms with Crippen molar-refractivity contribution in [3.63, 3.8) is 0 Å². The smallest absolute Gasteiger partial charge is 0.323 e. The molecule has 0 aliphatic carbocycles. The second-order valence-corrected chi connectivity index (χ2v) is 6.57. The van der Waals surface area contributed by atoms with E-state index in [1.807, 2.05) is 13.8 Å². The summed E-state index contributed by atoms with van der Waals surface area (Å²) in [4.78, 5) is 23.7. The van der Waals surface area contributed by atoms with Crippen LogP contribution in [0.5, 0.6) is 11.5 Å². The van der Waals surface area contributed by atoms with E-state index >= 15 is 0 Å². The number of hydrogen-bond acceptors (Lipinski definition) is 7. The largest absolute Gasteiger partial charge is 0.504 e. The molecular weight excluding hydrogens is 326 g/mol. The number of benzene rings is 1. The summed E-state index contributed by atoms with van der Waals surface area (Å²) in [5, 5.41) is 18.7. The van der Waals surface area contributed by atoms with Crippen LogP contribution in [0, 0.1) is 5.92 Å².